The molecule has 0 bridgehead atoms. The molecule has 2 unspecified atom stereocenters. The summed E-state index contributed by atoms with van der Waals surface area (Å²) in [5.41, 5.74) is 2.87. The summed E-state index contributed by atoms with van der Waals surface area (Å²) in [4.78, 5) is 26.6. The molecule has 30 heavy (non-hydrogen) atoms. The maximum absolute atomic E-state index is 12.5. The van der Waals surface area contributed by atoms with Gasteiger partial charge in [0, 0.05) is 31.7 Å². The topological polar surface area (TPSA) is 76.1 Å². The van der Waals surface area contributed by atoms with E-state index in [1.54, 1.807) is 13.2 Å². The molecule has 2 aliphatic heterocycles. The molecule has 1 N–H and O–H groups in total. The van der Waals surface area contributed by atoms with Crippen molar-refractivity contribution in [1.29, 1.82) is 0 Å². The van der Waals surface area contributed by atoms with Crippen molar-refractivity contribution in [2.24, 2.45) is 0 Å². The average molecular weight is 430 g/mol. The quantitative estimate of drug-likeness (QED) is 0.547. The molecule has 0 amide bonds. The van der Waals surface area contributed by atoms with Gasteiger partial charge >= 0.3 is 5.97 Å². The summed E-state index contributed by atoms with van der Waals surface area (Å²) in [5, 5.41) is 10.00. The number of hydrogen-bond acceptors (Lipinski definition) is 5. The number of carbonyl (C=O) groups is 2. The number of aliphatic carboxylic acids is 1. The molecule has 2 aliphatic carbocycles. The zero-order valence-corrected chi connectivity index (χ0v) is 17.6. The van der Waals surface area contributed by atoms with Gasteiger partial charge in [-0.25, -0.2) is 4.79 Å². The maximum Gasteiger partial charge on any atom is 0.339 e. The maximum atomic E-state index is 12.5. The number of halogens is 1. The molecular formula is C23H24ClNO5. The van der Waals surface area contributed by atoms with Gasteiger partial charge in [0.1, 0.15) is 11.3 Å². The standard InChI is InChI=1S/C23H24ClNO5/c1-29-7-2-8-30-21-12-15-13(9-17(21)24)14-11-20(26)16(22(27)28)10-19(14)25-18(15)3-4-23(25)5-6-23/h9-12,18-19H,2-8H2,1H3,(H,27,28). The molecule has 0 aromatic heterocycles. The number of benzene rings is 1. The van der Waals surface area contributed by atoms with Crippen molar-refractivity contribution in [1.82, 2.24) is 4.90 Å². The normalized spacial score (nSPS) is 25.9. The Morgan fingerprint density at radius 3 is 2.80 bits per heavy atom. The first kappa shape index (κ1) is 19.8. The predicted octanol–water partition coefficient (Wildman–Crippen LogP) is 3.78. The highest BCUT2D eigenvalue weighted by atomic mass is 35.5. The third kappa shape index (κ3) is 3.01. The smallest absolute Gasteiger partial charge is 0.339 e. The van der Waals surface area contributed by atoms with Crippen molar-refractivity contribution in [2.75, 3.05) is 20.3 Å². The van der Waals surface area contributed by atoms with Gasteiger partial charge in [-0.3, -0.25) is 9.69 Å². The Hall–Kier alpha value is -2.15. The molecule has 7 heteroatoms. The highest BCUT2D eigenvalue weighted by Gasteiger charge is 2.59. The van der Waals surface area contributed by atoms with Gasteiger partial charge in [0.2, 0.25) is 0 Å². The number of carbonyl (C=O) groups excluding carboxylic acids is 1. The second kappa shape index (κ2) is 7.22. The van der Waals surface area contributed by atoms with Gasteiger partial charge in [0.15, 0.2) is 5.78 Å². The Balaban J connectivity index is 1.58. The van der Waals surface area contributed by atoms with Crippen LogP contribution in [0.1, 0.15) is 49.3 Å². The summed E-state index contributed by atoms with van der Waals surface area (Å²) < 4.78 is 11.0. The van der Waals surface area contributed by atoms with Crippen LogP contribution in [0.2, 0.25) is 5.02 Å². The highest BCUT2D eigenvalue weighted by Crippen LogP contribution is 2.62. The highest BCUT2D eigenvalue weighted by molar-refractivity contribution is 6.32. The van der Waals surface area contributed by atoms with E-state index < -0.39 is 11.8 Å². The molecule has 1 saturated carbocycles. The van der Waals surface area contributed by atoms with Gasteiger partial charge < -0.3 is 14.6 Å². The number of allylic oxidation sites excluding steroid dienone is 1. The first-order valence-corrected chi connectivity index (χ1v) is 10.8. The lowest BCUT2D eigenvalue weighted by atomic mass is 9.80. The van der Waals surface area contributed by atoms with E-state index in [2.05, 4.69) is 4.90 Å². The molecule has 158 valence electrons. The number of ketones is 1. The van der Waals surface area contributed by atoms with E-state index in [-0.39, 0.29) is 23.2 Å². The van der Waals surface area contributed by atoms with E-state index in [0.29, 0.717) is 24.0 Å². The minimum absolute atomic E-state index is 0.117. The second-order valence-corrected chi connectivity index (χ2v) is 8.95. The van der Waals surface area contributed by atoms with E-state index in [0.717, 1.165) is 48.8 Å². The summed E-state index contributed by atoms with van der Waals surface area (Å²) in [5.74, 6) is -0.982. The molecular weight excluding hydrogens is 406 g/mol. The van der Waals surface area contributed by atoms with Crippen molar-refractivity contribution in [3.05, 3.63) is 46.0 Å². The summed E-state index contributed by atoms with van der Waals surface area (Å²) in [7, 11) is 1.66. The monoisotopic (exact) mass is 429 g/mol. The molecule has 1 aromatic carbocycles. The van der Waals surface area contributed by atoms with Gasteiger partial charge in [-0.1, -0.05) is 11.6 Å². The number of methoxy groups -OCH3 is 1. The van der Waals surface area contributed by atoms with Crippen molar-refractivity contribution in [3.63, 3.8) is 0 Å². The summed E-state index contributed by atoms with van der Waals surface area (Å²) >= 11 is 6.54. The fourth-order valence-electron chi connectivity index (χ4n) is 5.32. The number of carboxylic acid groups (broad SMARTS) is 1. The van der Waals surface area contributed by atoms with Crippen molar-refractivity contribution < 1.29 is 24.2 Å². The van der Waals surface area contributed by atoms with Gasteiger partial charge in [-0.15, -0.1) is 0 Å². The fourth-order valence-corrected chi connectivity index (χ4v) is 5.54. The van der Waals surface area contributed by atoms with E-state index in [1.165, 1.54) is 6.08 Å². The summed E-state index contributed by atoms with van der Waals surface area (Å²) in [6.07, 6.45) is 8.22. The molecule has 0 radical (unpaired) electrons. The van der Waals surface area contributed by atoms with Gasteiger partial charge in [-0.2, -0.15) is 0 Å². The van der Waals surface area contributed by atoms with Crippen LogP contribution in [-0.2, 0) is 14.3 Å². The van der Waals surface area contributed by atoms with Crippen LogP contribution >= 0.6 is 11.6 Å². The van der Waals surface area contributed by atoms with Crippen molar-refractivity contribution >= 4 is 28.9 Å². The Labute approximate surface area is 180 Å². The SMILES string of the molecule is COCCCOc1cc2c(cc1Cl)C1=CC(=O)C(C(=O)O)=CC1N1C2CCC12CC2. The van der Waals surface area contributed by atoms with E-state index in [1.807, 2.05) is 12.1 Å². The molecule has 2 heterocycles. The van der Waals surface area contributed by atoms with Crippen LogP contribution < -0.4 is 4.74 Å². The van der Waals surface area contributed by atoms with Crippen LogP contribution in [0.4, 0.5) is 0 Å². The van der Waals surface area contributed by atoms with Crippen LogP contribution in [0.15, 0.2) is 29.9 Å². The lowest BCUT2D eigenvalue weighted by molar-refractivity contribution is -0.134. The number of nitrogens with zero attached hydrogens (tertiary/aromatic N) is 1. The number of hydrogen-bond donors (Lipinski definition) is 1. The minimum Gasteiger partial charge on any atom is -0.492 e. The fraction of sp³-hybridized carbons (Fsp3) is 0.478. The number of ether oxygens (including phenoxy) is 2. The largest absolute Gasteiger partial charge is 0.492 e. The molecule has 4 aliphatic rings. The molecule has 1 saturated heterocycles. The Morgan fingerprint density at radius 2 is 2.10 bits per heavy atom. The van der Waals surface area contributed by atoms with Crippen LogP contribution in [0.5, 0.6) is 5.75 Å². The molecule has 5 rings (SSSR count). The first-order valence-electron chi connectivity index (χ1n) is 10.4. The zero-order valence-electron chi connectivity index (χ0n) is 16.8. The third-order valence-electron chi connectivity index (χ3n) is 6.84. The Kier molecular flexibility index (Phi) is 4.76. The van der Waals surface area contributed by atoms with Crippen LogP contribution in [0, 0.1) is 0 Å². The number of fused-ring (bicyclic) bond motifs is 7. The third-order valence-corrected chi connectivity index (χ3v) is 7.14. The second-order valence-electron chi connectivity index (χ2n) is 8.55. The molecule has 1 aromatic rings. The van der Waals surface area contributed by atoms with E-state index in [4.69, 9.17) is 21.1 Å². The average Bonchev–Trinajstić information content (AvgIpc) is 3.39. The molecule has 6 nitrogen and oxygen atoms in total. The van der Waals surface area contributed by atoms with Gasteiger partial charge in [0.05, 0.1) is 17.7 Å². The number of carboxylic acids is 1. The lowest BCUT2D eigenvalue weighted by Gasteiger charge is -2.44. The van der Waals surface area contributed by atoms with E-state index >= 15 is 0 Å². The van der Waals surface area contributed by atoms with Gasteiger partial charge in [0.25, 0.3) is 0 Å². The van der Waals surface area contributed by atoms with Crippen LogP contribution in [0.25, 0.3) is 5.57 Å². The van der Waals surface area contributed by atoms with E-state index in [9.17, 15) is 14.7 Å². The molecule has 2 fully saturated rings. The zero-order chi connectivity index (χ0) is 21.0. The minimum atomic E-state index is -1.17. The van der Waals surface area contributed by atoms with Crippen molar-refractivity contribution in [3.8, 4) is 5.75 Å². The molecule has 2 atom stereocenters. The summed E-state index contributed by atoms with van der Waals surface area (Å²) in [6, 6.07) is 3.86. The Bertz CT molecular complexity index is 994. The van der Waals surface area contributed by atoms with Gasteiger partial charge in [-0.05, 0) is 66.7 Å². The summed E-state index contributed by atoms with van der Waals surface area (Å²) in [6.45, 7) is 1.13. The Morgan fingerprint density at radius 1 is 1.30 bits per heavy atom. The lowest BCUT2D eigenvalue weighted by Crippen LogP contribution is -2.46. The first-order chi connectivity index (χ1) is 14.4. The van der Waals surface area contributed by atoms with Crippen LogP contribution in [-0.4, -0.2) is 53.7 Å². The van der Waals surface area contributed by atoms with Crippen molar-refractivity contribution in [2.45, 2.75) is 49.7 Å². The molecule has 1 spiro atoms. The van der Waals surface area contributed by atoms with Crippen LogP contribution in [0.3, 0.4) is 0 Å². The number of rotatable bonds is 6. The predicted molar refractivity (Wildman–Crippen MR) is 112 cm³/mol.